The number of carbonyl (C=O) groups is 1. The second-order valence-corrected chi connectivity index (χ2v) is 8.77. The van der Waals surface area contributed by atoms with Crippen LogP contribution in [0.25, 0.3) is 5.69 Å². The van der Waals surface area contributed by atoms with Gasteiger partial charge in [-0.1, -0.05) is 17.7 Å². The van der Waals surface area contributed by atoms with Gasteiger partial charge in [0.1, 0.15) is 17.5 Å². The lowest BCUT2D eigenvalue weighted by Crippen LogP contribution is -2.36. The Morgan fingerprint density at radius 3 is 2.71 bits per heavy atom. The van der Waals surface area contributed by atoms with E-state index in [9.17, 15) is 4.79 Å². The first-order chi connectivity index (χ1) is 15.1. The van der Waals surface area contributed by atoms with Gasteiger partial charge in [-0.2, -0.15) is 0 Å². The molecule has 0 bridgehead atoms. The van der Waals surface area contributed by atoms with Crippen LogP contribution in [0.1, 0.15) is 42.9 Å². The highest BCUT2D eigenvalue weighted by atomic mass is 35.5. The number of hydrogen-bond donors (Lipinski definition) is 1. The van der Waals surface area contributed by atoms with E-state index in [2.05, 4.69) is 36.0 Å². The van der Waals surface area contributed by atoms with Crippen LogP contribution in [0.5, 0.6) is 0 Å². The summed E-state index contributed by atoms with van der Waals surface area (Å²) >= 11 is 6.31. The second kappa shape index (κ2) is 8.30. The minimum Gasteiger partial charge on any atom is -0.357 e. The van der Waals surface area contributed by atoms with Crippen molar-refractivity contribution in [2.24, 2.45) is 0 Å². The van der Waals surface area contributed by atoms with Crippen LogP contribution in [0.3, 0.4) is 0 Å². The van der Waals surface area contributed by atoms with Crippen LogP contribution >= 0.6 is 11.6 Å². The van der Waals surface area contributed by atoms with Gasteiger partial charge in [-0.25, -0.2) is 4.98 Å². The second-order valence-electron chi connectivity index (χ2n) is 8.34. The molecule has 31 heavy (non-hydrogen) atoms. The highest BCUT2D eigenvalue weighted by molar-refractivity contribution is 6.30. The number of pyridine rings is 1. The van der Waals surface area contributed by atoms with Gasteiger partial charge < -0.3 is 10.2 Å². The Balaban J connectivity index is 1.45. The number of aromatic nitrogens is 4. The number of halogens is 1. The van der Waals surface area contributed by atoms with Crippen LogP contribution in [0.4, 0.5) is 5.82 Å². The van der Waals surface area contributed by atoms with Gasteiger partial charge in [-0.3, -0.25) is 9.36 Å². The van der Waals surface area contributed by atoms with Gasteiger partial charge in [0.25, 0.3) is 0 Å². The predicted molar refractivity (Wildman–Crippen MR) is 120 cm³/mol. The smallest absolute Gasteiger partial charge is 0.217 e. The van der Waals surface area contributed by atoms with Gasteiger partial charge in [0.15, 0.2) is 0 Å². The van der Waals surface area contributed by atoms with Gasteiger partial charge in [0.2, 0.25) is 5.91 Å². The monoisotopic (exact) mass is 436 g/mol. The highest BCUT2D eigenvalue weighted by Gasteiger charge is 2.31. The number of carbonyl (C=O) groups excluding carboxylic acids is 1. The molecule has 3 aromatic rings. The Labute approximate surface area is 186 Å². The summed E-state index contributed by atoms with van der Waals surface area (Å²) in [6, 6.07) is 12.0. The van der Waals surface area contributed by atoms with Crippen LogP contribution in [0.15, 0.2) is 42.6 Å². The summed E-state index contributed by atoms with van der Waals surface area (Å²) in [5.74, 6) is 3.20. The van der Waals surface area contributed by atoms with Crippen molar-refractivity contribution in [3.63, 3.8) is 0 Å². The van der Waals surface area contributed by atoms with E-state index in [4.69, 9.17) is 11.6 Å². The predicted octanol–water partition coefficient (Wildman–Crippen LogP) is 3.30. The summed E-state index contributed by atoms with van der Waals surface area (Å²) in [5.41, 5.74) is 2.18. The van der Waals surface area contributed by atoms with Crippen LogP contribution in [0, 0.1) is 0 Å². The fourth-order valence-corrected chi connectivity index (χ4v) is 4.97. The van der Waals surface area contributed by atoms with Crippen LogP contribution in [-0.4, -0.2) is 44.8 Å². The van der Waals surface area contributed by atoms with E-state index in [1.54, 1.807) is 6.92 Å². The molecule has 0 radical (unpaired) electrons. The zero-order valence-corrected chi connectivity index (χ0v) is 18.2. The van der Waals surface area contributed by atoms with Crippen LogP contribution in [0.2, 0.25) is 5.02 Å². The van der Waals surface area contributed by atoms with E-state index >= 15 is 0 Å². The molecule has 2 aliphatic rings. The van der Waals surface area contributed by atoms with Crippen molar-refractivity contribution in [2.45, 2.75) is 44.6 Å². The molecule has 0 saturated carbocycles. The minimum absolute atomic E-state index is 0.0287. The fraction of sp³-hybridized carbons (Fsp3) is 0.391. The molecule has 1 unspecified atom stereocenters. The third-order valence-electron chi connectivity index (χ3n) is 6.17. The maximum atomic E-state index is 11.7. The largest absolute Gasteiger partial charge is 0.357 e. The van der Waals surface area contributed by atoms with Crippen LogP contribution < -0.4 is 10.2 Å². The molecule has 0 spiro atoms. The summed E-state index contributed by atoms with van der Waals surface area (Å²) < 4.78 is 2.20. The van der Waals surface area contributed by atoms with Crippen molar-refractivity contribution in [3.05, 3.63) is 64.8 Å². The summed E-state index contributed by atoms with van der Waals surface area (Å²) in [5, 5.41) is 12.9. The fourth-order valence-electron chi connectivity index (χ4n) is 4.78. The molecule has 0 aliphatic carbocycles. The third kappa shape index (κ3) is 4.02. The van der Waals surface area contributed by atoms with E-state index < -0.39 is 0 Å². The SMILES string of the molecule is CC(=O)NC1Cc2cc(Cl)ccc2-n2c(nnc2C2CCN(c3ccccn3)CC2)C1. The molecule has 1 amide bonds. The van der Waals surface area contributed by atoms with Crippen LogP contribution in [-0.2, 0) is 17.6 Å². The number of nitrogens with zero attached hydrogens (tertiary/aromatic N) is 5. The standard InChI is InChI=1S/C23H25ClN6O/c1-15(31)26-19-13-17-12-18(24)5-6-20(17)30-22(14-19)27-28-23(30)16-7-10-29(11-8-16)21-4-2-3-9-25-21/h2-6,9,12,16,19H,7-8,10-11,13-14H2,1H3,(H,26,31). The van der Waals surface area contributed by atoms with Crippen molar-refractivity contribution in [3.8, 4) is 5.69 Å². The van der Waals surface area contributed by atoms with E-state index in [1.807, 2.05) is 36.5 Å². The lowest BCUT2D eigenvalue weighted by Gasteiger charge is -2.32. The summed E-state index contributed by atoms with van der Waals surface area (Å²) in [6.45, 7) is 3.42. The molecule has 1 saturated heterocycles. The van der Waals surface area contributed by atoms with E-state index in [1.165, 1.54) is 0 Å². The average Bonchev–Trinajstić information content (AvgIpc) is 3.11. The maximum Gasteiger partial charge on any atom is 0.217 e. The van der Waals surface area contributed by atoms with Gasteiger partial charge >= 0.3 is 0 Å². The van der Waals surface area contributed by atoms with E-state index in [0.717, 1.165) is 61.1 Å². The molecule has 1 N–H and O–H groups in total. The van der Waals surface area contributed by atoms with Gasteiger partial charge in [0.05, 0.1) is 5.69 Å². The van der Waals surface area contributed by atoms with E-state index in [0.29, 0.717) is 17.4 Å². The molecule has 5 rings (SSSR count). The van der Waals surface area contributed by atoms with Gasteiger partial charge in [-0.05, 0) is 55.2 Å². The number of piperidine rings is 1. The first-order valence-corrected chi connectivity index (χ1v) is 11.1. The maximum absolute atomic E-state index is 11.7. The van der Waals surface area contributed by atoms with E-state index in [-0.39, 0.29) is 11.9 Å². The molecule has 1 atom stereocenters. The van der Waals surface area contributed by atoms with Crippen molar-refractivity contribution >= 4 is 23.3 Å². The number of nitrogens with one attached hydrogen (secondary N) is 1. The number of rotatable bonds is 3. The molecule has 1 aromatic carbocycles. The topological polar surface area (TPSA) is 75.9 Å². The number of hydrogen-bond acceptors (Lipinski definition) is 5. The van der Waals surface area contributed by atoms with Crippen molar-refractivity contribution in [2.75, 3.05) is 18.0 Å². The number of anilines is 1. The Morgan fingerprint density at radius 2 is 1.97 bits per heavy atom. The number of benzene rings is 1. The molecule has 2 aromatic heterocycles. The normalized spacial score (nSPS) is 18.8. The zero-order chi connectivity index (χ0) is 21.4. The lowest BCUT2D eigenvalue weighted by atomic mass is 9.95. The van der Waals surface area contributed by atoms with Crippen molar-refractivity contribution in [1.82, 2.24) is 25.1 Å². The lowest BCUT2D eigenvalue weighted by molar-refractivity contribution is -0.119. The Hall–Kier alpha value is -2.93. The molecule has 4 heterocycles. The molecular weight excluding hydrogens is 412 g/mol. The molecule has 2 aliphatic heterocycles. The quantitative estimate of drug-likeness (QED) is 0.681. The first-order valence-electron chi connectivity index (χ1n) is 10.7. The summed E-state index contributed by atoms with van der Waals surface area (Å²) in [4.78, 5) is 18.5. The zero-order valence-electron chi connectivity index (χ0n) is 17.5. The highest BCUT2D eigenvalue weighted by Crippen LogP contribution is 2.34. The molecular formula is C23H25ClN6O. The Bertz CT molecular complexity index is 1090. The van der Waals surface area contributed by atoms with Gasteiger partial charge in [-0.15, -0.1) is 10.2 Å². The molecule has 160 valence electrons. The first kappa shape index (κ1) is 20.0. The minimum atomic E-state index is -0.0383. The average molecular weight is 437 g/mol. The Kier molecular flexibility index (Phi) is 5.36. The number of amides is 1. The number of fused-ring (bicyclic) bond motifs is 3. The van der Waals surface area contributed by atoms with Crippen molar-refractivity contribution < 1.29 is 4.79 Å². The van der Waals surface area contributed by atoms with Gasteiger partial charge in [0, 0.05) is 49.6 Å². The molecule has 8 heteroatoms. The molecule has 7 nitrogen and oxygen atoms in total. The Morgan fingerprint density at radius 1 is 1.13 bits per heavy atom. The van der Waals surface area contributed by atoms with Crippen molar-refractivity contribution in [1.29, 1.82) is 0 Å². The third-order valence-corrected chi connectivity index (χ3v) is 6.41. The molecule has 1 fully saturated rings. The summed E-state index contributed by atoms with van der Waals surface area (Å²) in [6.07, 6.45) is 5.19. The summed E-state index contributed by atoms with van der Waals surface area (Å²) in [7, 11) is 0.